The van der Waals surface area contributed by atoms with Crippen LogP contribution in [0.3, 0.4) is 0 Å². The maximum atomic E-state index is 12.2. The second-order valence-corrected chi connectivity index (χ2v) is 6.85. The molecule has 3 atom stereocenters. The van der Waals surface area contributed by atoms with Crippen LogP contribution >= 0.6 is 0 Å². The summed E-state index contributed by atoms with van der Waals surface area (Å²) in [5, 5.41) is 0. The van der Waals surface area contributed by atoms with Crippen molar-refractivity contribution in [2.45, 2.75) is 38.8 Å². The van der Waals surface area contributed by atoms with Gasteiger partial charge >= 0.3 is 0 Å². The molecule has 1 fully saturated rings. The molecule has 1 saturated heterocycles. The number of nitrogens with zero attached hydrogens (tertiary/aromatic N) is 1. The summed E-state index contributed by atoms with van der Waals surface area (Å²) in [5.74, 6) is 0.167. The molecule has 0 aromatic heterocycles. The van der Waals surface area contributed by atoms with Gasteiger partial charge in [-0.1, -0.05) is 6.92 Å². The van der Waals surface area contributed by atoms with Crippen LogP contribution in [0.5, 0.6) is 0 Å². The van der Waals surface area contributed by atoms with Crippen LogP contribution in [0.15, 0.2) is 0 Å². The highest BCUT2D eigenvalue weighted by atomic mass is 32.2. The van der Waals surface area contributed by atoms with Crippen molar-refractivity contribution in [2.24, 2.45) is 11.7 Å². The first-order valence-electron chi connectivity index (χ1n) is 6.24. The van der Waals surface area contributed by atoms with Gasteiger partial charge in [0.05, 0.1) is 12.3 Å². The van der Waals surface area contributed by atoms with Gasteiger partial charge in [0.2, 0.25) is 15.9 Å². The predicted molar refractivity (Wildman–Crippen MR) is 70.4 cm³/mol. The van der Waals surface area contributed by atoms with Gasteiger partial charge in [0.15, 0.2) is 0 Å². The quantitative estimate of drug-likeness (QED) is 0.725. The molecule has 1 aliphatic rings. The molecule has 0 bridgehead atoms. The minimum atomic E-state index is -3.37. The number of likely N-dealkylation sites (tertiary alicyclic amines) is 1. The molecule has 0 spiro atoms. The average Bonchev–Trinajstić information content (AvgIpc) is 2.25. The molecule has 1 rings (SSSR count). The van der Waals surface area contributed by atoms with Gasteiger partial charge in [0, 0.05) is 19.1 Å². The second-order valence-electron chi connectivity index (χ2n) is 5.07. The highest BCUT2D eigenvalue weighted by Gasteiger charge is 2.33. The molecule has 1 aliphatic heterocycles. The van der Waals surface area contributed by atoms with E-state index in [1.807, 2.05) is 0 Å². The number of carbonyl (C=O) groups is 1. The fourth-order valence-electron chi connectivity index (χ4n) is 2.50. The Morgan fingerprint density at radius 3 is 2.67 bits per heavy atom. The first-order chi connectivity index (χ1) is 8.26. The maximum Gasteiger partial charge on any atom is 0.240 e. The zero-order valence-corrected chi connectivity index (χ0v) is 12.0. The van der Waals surface area contributed by atoms with Crippen molar-refractivity contribution >= 4 is 15.9 Å². The molecule has 0 aromatic carbocycles. The van der Waals surface area contributed by atoms with Crippen LogP contribution in [0, 0.1) is 5.92 Å². The second kappa shape index (κ2) is 5.99. The van der Waals surface area contributed by atoms with E-state index in [0.29, 0.717) is 19.0 Å². The lowest BCUT2D eigenvalue weighted by Crippen LogP contribution is -2.56. The Bertz CT molecular complexity index is 396. The Balaban J connectivity index is 2.75. The number of amides is 1. The van der Waals surface area contributed by atoms with Crippen molar-refractivity contribution in [1.29, 1.82) is 0 Å². The lowest BCUT2D eigenvalue weighted by atomic mass is 9.90. The summed E-state index contributed by atoms with van der Waals surface area (Å²) in [6, 6.07) is -0.727. The van der Waals surface area contributed by atoms with E-state index >= 15 is 0 Å². The van der Waals surface area contributed by atoms with Crippen LogP contribution in [-0.4, -0.2) is 50.7 Å². The molecule has 3 N–H and O–H groups in total. The summed E-state index contributed by atoms with van der Waals surface area (Å²) in [6.45, 7) is 4.71. The van der Waals surface area contributed by atoms with Gasteiger partial charge in [0.1, 0.15) is 0 Å². The molecule has 0 aliphatic carbocycles. The van der Waals surface area contributed by atoms with Gasteiger partial charge in [-0.05, 0) is 25.7 Å². The minimum absolute atomic E-state index is 0.00932. The Kier molecular flexibility index (Phi) is 5.12. The van der Waals surface area contributed by atoms with Gasteiger partial charge in [-0.25, -0.2) is 13.1 Å². The molecule has 1 heterocycles. The highest BCUT2D eigenvalue weighted by molar-refractivity contribution is 7.88. The molecule has 0 radical (unpaired) electrons. The zero-order valence-electron chi connectivity index (χ0n) is 11.2. The van der Waals surface area contributed by atoms with Crippen molar-refractivity contribution in [3.63, 3.8) is 0 Å². The van der Waals surface area contributed by atoms with Gasteiger partial charge < -0.3 is 10.6 Å². The predicted octanol–water partition coefficient (Wildman–Crippen LogP) is -0.490. The number of nitrogens with two attached hydrogens (primary N) is 1. The number of hydrogen-bond donors (Lipinski definition) is 2. The number of nitrogens with one attached hydrogen (secondary N) is 1. The first kappa shape index (κ1) is 15.4. The topological polar surface area (TPSA) is 92.5 Å². The summed E-state index contributed by atoms with van der Waals surface area (Å²) < 4.78 is 24.6. The standard InChI is InChI=1S/C11H23N3O3S/c1-8-5-4-6-14(10(8)7-12)11(15)9(2)13-18(3,16)17/h8-10,13H,4-7,12H2,1-3H3/t8-,9+,10+/m1/s1. The van der Waals surface area contributed by atoms with E-state index in [-0.39, 0.29) is 11.9 Å². The molecule has 6 nitrogen and oxygen atoms in total. The molecule has 0 aromatic rings. The molecule has 1 amide bonds. The van der Waals surface area contributed by atoms with Crippen LogP contribution in [-0.2, 0) is 14.8 Å². The number of piperidine rings is 1. The van der Waals surface area contributed by atoms with Crippen LogP contribution < -0.4 is 10.5 Å². The van der Waals surface area contributed by atoms with Crippen molar-refractivity contribution < 1.29 is 13.2 Å². The smallest absolute Gasteiger partial charge is 0.240 e. The van der Waals surface area contributed by atoms with Gasteiger partial charge in [-0.2, -0.15) is 0 Å². The Morgan fingerprint density at radius 1 is 1.56 bits per heavy atom. The third kappa shape index (κ3) is 3.93. The highest BCUT2D eigenvalue weighted by Crippen LogP contribution is 2.23. The normalized spacial score (nSPS) is 27.0. The Morgan fingerprint density at radius 2 is 2.17 bits per heavy atom. The van der Waals surface area contributed by atoms with Crippen molar-refractivity contribution in [3.05, 3.63) is 0 Å². The summed E-state index contributed by atoms with van der Waals surface area (Å²) >= 11 is 0. The Hall–Kier alpha value is -0.660. The number of hydrogen-bond acceptors (Lipinski definition) is 4. The van der Waals surface area contributed by atoms with E-state index < -0.39 is 16.1 Å². The van der Waals surface area contributed by atoms with E-state index in [9.17, 15) is 13.2 Å². The SMILES string of the molecule is C[C@H](NS(C)(=O)=O)C(=O)N1CCC[C@@H](C)[C@@H]1CN. The van der Waals surface area contributed by atoms with Gasteiger partial charge in [0.25, 0.3) is 0 Å². The largest absolute Gasteiger partial charge is 0.337 e. The van der Waals surface area contributed by atoms with Crippen LogP contribution in [0.25, 0.3) is 0 Å². The van der Waals surface area contributed by atoms with Crippen molar-refractivity contribution in [1.82, 2.24) is 9.62 Å². The maximum absolute atomic E-state index is 12.2. The molecule has 7 heteroatoms. The van der Waals surface area contributed by atoms with E-state index in [1.165, 1.54) is 0 Å². The third-order valence-electron chi connectivity index (χ3n) is 3.40. The van der Waals surface area contributed by atoms with Crippen LogP contribution in [0.4, 0.5) is 0 Å². The summed E-state index contributed by atoms with van der Waals surface area (Å²) in [7, 11) is -3.37. The monoisotopic (exact) mass is 277 g/mol. The molecular formula is C11H23N3O3S. The van der Waals surface area contributed by atoms with Crippen molar-refractivity contribution in [3.8, 4) is 0 Å². The fraction of sp³-hybridized carbons (Fsp3) is 0.909. The fourth-order valence-corrected chi connectivity index (χ4v) is 3.25. The summed E-state index contributed by atoms with van der Waals surface area (Å²) in [5.41, 5.74) is 5.72. The van der Waals surface area contributed by atoms with Crippen LogP contribution in [0.1, 0.15) is 26.7 Å². The molecule has 18 heavy (non-hydrogen) atoms. The van der Waals surface area contributed by atoms with E-state index in [4.69, 9.17) is 5.73 Å². The first-order valence-corrected chi connectivity index (χ1v) is 8.13. The molecule has 0 unspecified atom stereocenters. The third-order valence-corrected chi connectivity index (χ3v) is 4.18. The molecular weight excluding hydrogens is 254 g/mol. The number of sulfonamides is 1. The van der Waals surface area contributed by atoms with E-state index in [1.54, 1.807) is 11.8 Å². The Labute approximate surface area is 109 Å². The van der Waals surface area contributed by atoms with Crippen LogP contribution in [0.2, 0.25) is 0 Å². The lowest BCUT2D eigenvalue weighted by Gasteiger charge is -2.40. The number of carbonyl (C=O) groups excluding carboxylic acids is 1. The summed E-state index contributed by atoms with van der Waals surface area (Å²) in [6.07, 6.45) is 3.05. The minimum Gasteiger partial charge on any atom is -0.337 e. The lowest BCUT2D eigenvalue weighted by molar-refractivity contribution is -0.137. The van der Waals surface area contributed by atoms with Crippen molar-refractivity contribution in [2.75, 3.05) is 19.3 Å². The van der Waals surface area contributed by atoms with E-state index in [2.05, 4.69) is 11.6 Å². The van der Waals surface area contributed by atoms with Gasteiger partial charge in [-0.15, -0.1) is 0 Å². The van der Waals surface area contributed by atoms with Gasteiger partial charge in [-0.3, -0.25) is 4.79 Å². The summed E-state index contributed by atoms with van der Waals surface area (Å²) in [4.78, 5) is 14.0. The molecule has 106 valence electrons. The van der Waals surface area contributed by atoms with E-state index in [0.717, 1.165) is 19.1 Å². The molecule has 0 saturated carbocycles. The number of rotatable bonds is 4. The zero-order chi connectivity index (χ0) is 13.9. The average molecular weight is 277 g/mol.